The summed E-state index contributed by atoms with van der Waals surface area (Å²) in [7, 11) is 0. The molecule has 0 spiro atoms. The molecule has 92 valence electrons. The van der Waals surface area contributed by atoms with Crippen molar-refractivity contribution >= 4 is 12.2 Å². The number of halogens is 1. The molecule has 0 fully saturated rings. The number of aromatic amines is 1. The van der Waals surface area contributed by atoms with Crippen molar-refractivity contribution in [2.24, 2.45) is 0 Å². The van der Waals surface area contributed by atoms with Gasteiger partial charge in [0.1, 0.15) is 18.5 Å². The minimum atomic E-state index is -0.378. The molecule has 5 nitrogen and oxygen atoms in total. The van der Waals surface area contributed by atoms with E-state index < -0.39 is 0 Å². The standard InChI is InChI=1S/C11H8FN3O2S/c12-7-3-1-6(2-4-7)8-5-17-11-14-9(18)13-10(16)15(8)11/h1-4,8H,5H2,(H,13,16,18). The summed E-state index contributed by atoms with van der Waals surface area (Å²) in [5, 5.41) is 0. The van der Waals surface area contributed by atoms with Crippen LogP contribution in [0.1, 0.15) is 11.6 Å². The summed E-state index contributed by atoms with van der Waals surface area (Å²) in [5.74, 6) is -0.323. The molecule has 0 saturated carbocycles. The lowest BCUT2D eigenvalue weighted by Gasteiger charge is -2.10. The summed E-state index contributed by atoms with van der Waals surface area (Å²) in [6, 6.07) is 5.80. The fourth-order valence-corrected chi connectivity index (χ4v) is 2.11. The Kier molecular flexibility index (Phi) is 2.48. The minimum absolute atomic E-state index is 0.0889. The van der Waals surface area contributed by atoms with Crippen LogP contribution in [0.15, 0.2) is 29.1 Å². The molecule has 0 radical (unpaired) electrons. The molecule has 0 bridgehead atoms. The highest BCUT2D eigenvalue weighted by Gasteiger charge is 2.27. The van der Waals surface area contributed by atoms with E-state index in [-0.39, 0.29) is 34.9 Å². The van der Waals surface area contributed by atoms with E-state index in [0.29, 0.717) is 0 Å². The van der Waals surface area contributed by atoms with Gasteiger partial charge < -0.3 is 4.74 Å². The molecule has 7 heteroatoms. The Balaban J connectivity index is 2.13. The Morgan fingerprint density at radius 2 is 2.17 bits per heavy atom. The zero-order valence-electron chi connectivity index (χ0n) is 9.09. The van der Waals surface area contributed by atoms with Crippen molar-refractivity contribution < 1.29 is 9.13 Å². The van der Waals surface area contributed by atoms with E-state index in [1.165, 1.54) is 16.7 Å². The van der Waals surface area contributed by atoms with Gasteiger partial charge in [0, 0.05) is 0 Å². The number of nitrogens with one attached hydrogen (secondary N) is 1. The Morgan fingerprint density at radius 1 is 1.44 bits per heavy atom. The lowest BCUT2D eigenvalue weighted by Crippen LogP contribution is -2.25. The summed E-state index contributed by atoms with van der Waals surface area (Å²) in [4.78, 5) is 18.2. The number of nitrogens with zero attached hydrogens (tertiary/aromatic N) is 2. The Morgan fingerprint density at radius 3 is 2.89 bits per heavy atom. The number of aromatic nitrogens is 3. The fraction of sp³-hybridized carbons (Fsp3) is 0.182. The first-order valence-electron chi connectivity index (χ1n) is 5.26. The predicted octanol–water partition coefficient (Wildman–Crippen LogP) is 1.42. The van der Waals surface area contributed by atoms with Crippen molar-refractivity contribution in [1.82, 2.24) is 14.5 Å². The Hall–Kier alpha value is -2.02. The number of hydrogen-bond acceptors (Lipinski definition) is 4. The third-order valence-corrected chi connectivity index (χ3v) is 2.97. The third kappa shape index (κ3) is 1.72. The second-order valence-electron chi connectivity index (χ2n) is 3.88. The van der Waals surface area contributed by atoms with Crippen LogP contribution in [0.25, 0.3) is 0 Å². The predicted molar refractivity (Wildman–Crippen MR) is 63.7 cm³/mol. The normalized spacial score (nSPS) is 17.3. The molecule has 2 heterocycles. The van der Waals surface area contributed by atoms with Crippen molar-refractivity contribution in [3.8, 4) is 6.01 Å². The molecule has 0 aliphatic carbocycles. The van der Waals surface area contributed by atoms with Crippen LogP contribution in [0.4, 0.5) is 4.39 Å². The Bertz CT molecular complexity index is 707. The van der Waals surface area contributed by atoms with Crippen LogP contribution in [0.2, 0.25) is 0 Å². The van der Waals surface area contributed by atoms with Crippen molar-refractivity contribution in [2.75, 3.05) is 6.61 Å². The first kappa shape index (κ1) is 11.1. The summed E-state index contributed by atoms with van der Waals surface area (Å²) < 4.78 is 19.7. The molecule has 1 unspecified atom stereocenters. The quantitative estimate of drug-likeness (QED) is 0.792. The van der Waals surface area contributed by atoms with Gasteiger partial charge in [-0.15, -0.1) is 0 Å². The highest BCUT2D eigenvalue weighted by molar-refractivity contribution is 7.71. The van der Waals surface area contributed by atoms with Gasteiger partial charge in [-0.25, -0.2) is 13.8 Å². The van der Waals surface area contributed by atoms with Crippen molar-refractivity contribution in [3.63, 3.8) is 0 Å². The maximum absolute atomic E-state index is 12.9. The maximum atomic E-state index is 12.9. The number of rotatable bonds is 1. The highest BCUT2D eigenvalue weighted by atomic mass is 32.1. The van der Waals surface area contributed by atoms with Crippen LogP contribution in [0, 0.1) is 10.6 Å². The van der Waals surface area contributed by atoms with E-state index in [9.17, 15) is 9.18 Å². The van der Waals surface area contributed by atoms with Gasteiger partial charge in [-0.2, -0.15) is 4.98 Å². The van der Waals surface area contributed by atoms with Crippen LogP contribution >= 0.6 is 12.2 Å². The number of H-pyrrole nitrogens is 1. The van der Waals surface area contributed by atoms with E-state index in [4.69, 9.17) is 17.0 Å². The number of ether oxygens (including phenoxy) is 1. The van der Waals surface area contributed by atoms with Gasteiger partial charge in [0.25, 0.3) is 0 Å². The lowest BCUT2D eigenvalue weighted by molar-refractivity contribution is 0.331. The number of hydrogen-bond donors (Lipinski definition) is 1. The van der Waals surface area contributed by atoms with Crippen LogP contribution < -0.4 is 10.4 Å². The Labute approximate surface area is 106 Å². The van der Waals surface area contributed by atoms with E-state index in [1.807, 2.05) is 0 Å². The van der Waals surface area contributed by atoms with Gasteiger partial charge in [-0.1, -0.05) is 12.1 Å². The minimum Gasteiger partial charge on any atom is -0.462 e. The second-order valence-corrected chi connectivity index (χ2v) is 4.26. The van der Waals surface area contributed by atoms with E-state index in [2.05, 4.69) is 9.97 Å². The van der Waals surface area contributed by atoms with Crippen LogP contribution in [0.3, 0.4) is 0 Å². The molecule has 1 N–H and O–H groups in total. The zero-order valence-corrected chi connectivity index (χ0v) is 9.91. The van der Waals surface area contributed by atoms with Gasteiger partial charge in [0.2, 0.25) is 4.77 Å². The molecule has 1 aromatic carbocycles. The molecule has 1 aromatic heterocycles. The summed E-state index contributed by atoms with van der Waals surface area (Å²) >= 11 is 4.80. The highest BCUT2D eigenvalue weighted by Crippen LogP contribution is 2.26. The average molecular weight is 265 g/mol. The van der Waals surface area contributed by atoms with Gasteiger partial charge in [-0.3, -0.25) is 4.98 Å². The molecule has 2 aromatic rings. The SMILES string of the molecule is O=c1[nH]c(=S)nc2n1C(c1ccc(F)cc1)CO2. The van der Waals surface area contributed by atoms with E-state index in [0.717, 1.165) is 5.56 Å². The molecule has 1 aliphatic heterocycles. The van der Waals surface area contributed by atoms with Crippen molar-refractivity contribution in [3.05, 3.63) is 50.9 Å². The van der Waals surface area contributed by atoms with Gasteiger partial charge in [0.05, 0.1) is 0 Å². The van der Waals surface area contributed by atoms with Crippen molar-refractivity contribution in [2.45, 2.75) is 6.04 Å². The monoisotopic (exact) mass is 265 g/mol. The molecule has 18 heavy (non-hydrogen) atoms. The molecule has 0 saturated heterocycles. The van der Waals surface area contributed by atoms with Crippen LogP contribution in [-0.4, -0.2) is 21.1 Å². The molecular formula is C11H8FN3O2S. The maximum Gasteiger partial charge on any atom is 0.332 e. The summed E-state index contributed by atoms with van der Waals surface area (Å²) in [6.45, 7) is 0.278. The van der Waals surface area contributed by atoms with Gasteiger partial charge in [-0.05, 0) is 29.9 Å². The van der Waals surface area contributed by atoms with Crippen molar-refractivity contribution in [1.29, 1.82) is 0 Å². The third-order valence-electron chi connectivity index (χ3n) is 2.77. The second kappa shape index (κ2) is 4.02. The summed E-state index contributed by atoms with van der Waals surface area (Å²) in [5.41, 5.74) is 0.404. The largest absolute Gasteiger partial charge is 0.462 e. The average Bonchev–Trinajstić information content (AvgIpc) is 2.74. The summed E-state index contributed by atoms with van der Waals surface area (Å²) in [6.07, 6.45) is 0. The number of fused-ring (bicyclic) bond motifs is 1. The van der Waals surface area contributed by atoms with E-state index in [1.54, 1.807) is 12.1 Å². The molecule has 1 aliphatic rings. The lowest BCUT2D eigenvalue weighted by atomic mass is 10.1. The molecule has 1 atom stereocenters. The topological polar surface area (TPSA) is 59.9 Å². The molecular weight excluding hydrogens is 257 g/mol. The van der Waals surface area contributed by atoms with Crippen LogP contribution in [0.5, 0.6) is 6.01 Å². The fourth-order valence-electron chi connectivity index (χ4n) is 1.94. The first-order chi connectivity index (χ1) is 8.65. The van der Waals surface area contributed by atoms with Crippen LogP contribution in [-0.2, 0) is 0 Å². The van der Waals surface area contributed by atoms with E-state index >= 15 is 0 Å². The smallest absolute Gasteiger partial charge is 0.332 e. The zero-order chi connectivity index (χ0) is 12.7. The molecule has 3 rings (SSSR count). The van der Waals surface area contributed by atoms with Gasteiger partial charge >= 0.3 is 11.7 Å². The number of benzene rings is 1. The molecule has 0 amide bonds. The first-order valence-corrected chi connectivity index (χ1v) is 5.67. The van der Waals surface area contributed by atoms with Gasteiger partial charge in [0.15, 0.2) is 0 Å².